The van der Waals surface area contributed by atoms with E-state index in [1.165, 1.54) is 0 Å². The molecule has 0 bridgehead atoms. The molecule has 0 aromatic heterocycles. The topological polar surface area (TPSA) is 39.7 Å². The fourth-order valence-corrected chi connectivity index (χ4v) is 1.69. The van der Waals surface area contributed by atoms with E-state index in [1.807, 2.05) is 18.2 Å². The van der Waals surface area contributed by atoms with Gasteiger partial charge in [0.1, 0.15) is 11.5 Å². The van der Waals surface area contributed by atoms with Gasteiger partial charge in [0.25, 0.3) is 0 Å². The van der Waals surface area contributed by atoms with Crippen LogP contribution < -0.4 is 14.8 Å². The maximum absolute atomic E-state index is 5.81. The molecular weight excluding hydrogens is 242 g/mol. The van der Waals surface area contributed by atoms with Crippen LogP contribution in [0.1, 0.15) is 25.3 Å². The second-order valence-electron chi connectivity index (χ2n) is 4.35. The predicted octanol–water partition coefficient (Wildman–Crippen LogP) is 2.61. The van der Waals surface area contributed by atoms with Crippen molar-refractivity contribution < 1.29 is 14.2 Å². The summed E-state index contributed by atoms with van der Waals surface area (Å²) in [4.78, 5) is 0. The highest BCUT2D eigenvalue weighted by Gasteiger charge is 2.05. The summed E-state index contributed by atoms with van der Waals surface area (Å²) in [6, 6.07) is 5.92. The van der Waals surface area contributed by atoms with E-state index in [1.54, 1.807) is 14.2 Å². The molecule has 0 aliphatic heterocycles. The van der Waals surface area contributed by atoms with Crippen LogP contribution in [0.25, 0.3) is 0 Å². The highest BCUT2D eigenvalue weighted by molar-refractivity contribution is 5.40. The number of hydrogen-bond donors (Lipinski definition) is 1. The van der Waals surface area contributed by atoms with E-state index in [4.69, 9.17) is 14.2 Å². The third-order valence-corrected chi connectivity index (χ3v) is 2.82. The van der Waals surface area contributed by atoms with Gasteiger partial charge in [-0.25, -0.2) is 0 Å². The van der Waals surface area contributed by atoms with E-state index in [0.717, 1.165) is 49.6 Å². The van der Waals surface area contributed by atoms with Crippen LogP contribution in [0, 0.1) is 0 Å². The molecule has 0 heterocycles. The van der Waals surface area contributed by atoms with E-state index in [0.29, 0.717) is 6.61 Å². The molecule has 1 aromatic rings. The van der Waals surface area contributed by atoms with Gasteiger partial charge in [-0.3, -0.25) is 0 Å². The molecular formula is C15H25NO3. The Bertz CT molecular complexity index is 355. The molecule has 108 valence electrons. The smallest absolute Gasteiger partial charge is 0.124 e. The first-order chi connectivity index (χ1) is 9.31. The first-order valence-corrected chi connectivity index (χ1v) is 6.81. The summed E-state index contributed by atoms with van der Waals surface area (Å²) in [7, 11) is 3.38. The van der Waals surface area contributed by atoms with Crippen molar-refractivity contribution in [2.24, 2.45) is 0 Å². The maximum atomic E-state index is 5.81. The summed E-state index contributed by atoms with van der Waals surface area (Å²) in [6.45, 7) is 5.19. The summed E-state index contributed by atoms with van der Waals surface area (Å²) >= 11 is 0. The molecule has 0 aliphatic rings. The lowest BCUT2D eigenvalue weighted by molar-refractivity contribution is 0.199. The number of rotatable bonds is 10. The number of hydrogen-bond acceptors (Lipinski definition) is 4. The van der Waals surface area contributed by atoms with Crippen LogP contribution in [0.3, 0.4) is 0 Å². The average Bonchev–Trinajstić information content (AvgIpc) is 2.45. The number of methoxy groups -OCH3 is 2. The number of nitrogens with one attached hydrogen (secondary N) is 1. The molecule has 1 N–H and O–H groups in total. The monoisotopic (exact) mass is 267 g/mol. The highest BCUT2D eigenvalue weighted by atomic mass is 16.5. The van der Waals surface area contributed by atoms with Crippen molar-refractivity contribution in [1.29, 1.82) is 0 Å². The number of unbranched alkanes of at least 4 members (excludes halogenated alkanes) is 1. The summed E-state index contributed by atoms with van der Waals surface area (Å²) < 4.78 is 16.1. The van der Waals surface area contributed by atoms with Crippen molar-refractivity contribution in [2.75, 3.05) is 34.0 Å². The second-order valence-corrected chi connectivity index (χ2v) is 4.35. The van der Waals surface area contributed by atoms with Crippen LogP contribution in [0.15, 0.2) is 18.2 Å². The summed E-state index contributed by atoms with van der Waals surface area (Å²) in [5, 5.41) is 3.32. The molecule has 0 aliphatic carbocycles. The van der Waals surface area contributed by atoms with Crippen LogP contribution in [0.2, 0.25) is 0 Å². The third-order valence-electron chi connectivity index (χ3n) is 2.82. The van der Waals surface area contributed by atoms with Crippen molar-refractivity contribution in [3.63, 3.8) is 0 Å². The molecule has 0 radical (unpaired) electrons. The Morgan fingerprint density at radius 2 is 2.00 bits per heavy atom. The van der Waals surface area contributed by atoms with E-state index in [-0.39, 0.29) is 0 Å². The van der Waals surface area contributed by atoms with Gasteiger partial charge in [0.2, 0.25) is 0 Å². The molecule has 1 aromatic carbocycles. The standard InChI is InChI=1S/C15H25NO3/c1-4-5-9-19-15-7-6-14(18-3)11-13(15)12-16-8-10-17-2/h6-7,11,16H,4-5,8-10,12H2,1-3H3. The Balaban J connectivity index is 2.60. The van der Waals surface area contributed by atoms with Crippen LogP contribution in [0.4, 0.5) is 0 Å². The van der Waals surface area contributed by atoms with E-state index >= 15 is 0 Å². The molecule has 0 saturated carbocycles. The molecule has 19 heavy (non-hydrogen) atoms. The zero-order valence-electron chi connectivity index (χ0n) is 12.2. The zero-order chi connectivity index (χ0) is 13.9. The van der Waals surface area contributed by atoms with Gasteiger partial charge in [0, 0.05) is 25.8 Å². The van der Waals surface area contributed by atoms with Crippen molar-refractivity contribution in [1.82, 2.24) is 5.32 Å². The van der Waals surface area contributed by atoms with E-state index in [9.17, 15) is 0 Å². The van der Waals surface area contributed by atoms with Gasteiger partial charge in [0.05, 0.1) is 20.3 Å². The SMILES string of the molecule is CCCCOc1ccc(OC)cc1CNCCOC. The molecule has 0 fully saturated rings. The van der Waals surface area contributed by atoms with Crippen LogP contribution in [0.5, 0.6) is 11.5 Å². The Morgan fingerprint density at radius 3 is 2.68 bits per heavy atom. The summed E-state index contributed by atoms with van der Waals surface area (Å²) in [6.07, 6.45) is 2.21. The van der Waals surface area contributed by atoms with E-state index in [2.05, 4.69) is 12.2 Å². The molecule has 4 nitrogen and oxygen atoms in total. The highest BCUT2D eigenvalue weighted by Crippen LogP contribution is 2.24. The summed E-state index contributed by atoms with van der Waals surface area (Å²) in [5.41, 5.74) is 1.12. The van der Waals surface area contributed by atoms with Gasteiger partial charge in [-0.2, -0.15) is 0 Å². The quantitative estimate of drug-likeness (QED) is 0.661. The molecule has 0 spiro atoms. The minimum absolute atomic E-state index is 0.704. The van der Waals surface area contributed by atoms with Crippen molar-refractivity contribution in [3.05, 3.63) is 23.8 Å². The first-order valence-electron chi connectivity index (χ1n) is 6.81. The fourth-order valence-electron chi connectivity index (χ4n) is 1.69. The normalized spacial score (nSPS) is 10.5. The second kappa shape index (κ2) is 9.64. The lowest BCUT2D eigenvalue weighted by Crippen LogP contribution is -2.19. The minimum Gasteiger partial charge on any atom is -0.497 e. The zero-order valence-corrected chi connectivity index (χ0v) is 12.2. The van der Waals surface area contributed by atoms with Gasteiger partial charge in [-0.15, -0.1) is 0 Å². The lowest BCUT2D eigenvalue weighted by Gasteiger charge is -2.13. The Hall–Kier alpha value is -1.26. The maximum Gasteiger partial charge on any atom is 0.124 e. The fraction of sp³-hybridized carbons (Fsp3) is 0.600. The van der Waals surface area contributed by atoms with Gasteiger partial charge >= 0.3 is 0 Å². The Morgan fingerprint density at radius 1 is 1.16 bits per heavy atom. The van der Waals surface area contributed by atoms with Crippen LogP contribution in [-0.4, -0.2) is 34.0 Å². The Kier molecular flexibility index (Phi) is 8.02. The predicted molar refractivity (Wildman–Crippen MR) is 77.0 cm³/mol. The van der Waals surface area contributed by atoms with Crippen molar-refractivity contribution in [2.45, 2.75) is 26.3 Å². The van der Waals surface area contributed by atoms with Gasteiger partial charge in [-0.1, -0.05) is 13.3 Å². The first kappa shape index (κ1) is 15.8. The Labute approximate surface area is 116 Å². The minimum atomic E-state index is 0.704. The van der Waals surface area contributed by atoms with Gasteiger partial charge in [0.15, 0.2) is 0 Å². The molecule has 1 rings (SSSR count). The molecule has 4 heteroatoms. The molecule has 0 saturated heterocycles. The number of benzene rings is 1. The summed E-state index contributed by atoms with van der Waals surface area (Å²) in [5.74, 6) is 1.78. The van der Waals surface area contributed by atoms with Crippen LogP contribution in [-0.2, 0) is 11.3 Å². The van der Waals surface area contributed by atoms with Gasteiger partial charge in [-0.05, 0) is 24.6 Å². The third kappa shape index (κ3) is 5.94. The lowest BCUT2D eigenvalue weighted by atomic mass is 10.2. The number of ether oxygens (including phenoxy) is 3. The van der Waals surface area contributed by atoms with Crippen molar-refractivity contribution >= 4 is 0 Å². The van der Waals surface area contributed by atoms with Crippen molar-refractivity contribution in [3.8, 4) is 11.5 Å². The van der Waals surface area contributed by atoms with Crippen LogP contribution >= 0.6 is 0 Å². The average molecular weight is 267 g/mol. The molecule has 0 amide bonds. The van der Waals surface area contributed by atoms with Gasteiger partial charge < -0.3 is 19.5 Å². The molecule has 0 atom stereocenters. The largest absolute Gasteiger partial charge is 0.497 e. The molecule has 0 unspecified atom stereocenters. The van der Waals surface area contributed by atoms with E-state index < -0.39 is 0 Å².